The topological polar surface area (TPSA) is 60.0 Å². The molecule has 1 atom stereocenters. The van der Waals surface area contributed by atoms with Crippen LogP contribution in [0.15, 0.2) is 35.3 Å². The number of para-hydroxylation sites is 1. The van der Waals surface area contributed by atoms with Crippen LogP contribution in [0.2, 0.25) is 0 Å². The first kappa shape index (κ1) is 19.9. The Labute approximate surface area is 166 Å². The highest BCUT2D eigenvalue weighted by Gasteiger charge is 2.29. The van der Waals surface area contributed by atoms with Gasteiger partial charge in [0.25, 0.3) is 0 Å². The van der Waals surface area contributed by atoms with Crippen LogP contribution in [0.5, 0.6) is 0 Å². The molecule has 2 aliphatic heterocycles. The number of hydrogen-bond acceptors (Lipinski definition) is 4. The summed E-state index contributed by atoms with van der Waals surface area (Å²) in [6, 6.07) is 10.4. The zero-order chi connectivity index (χ0) is 19.1. The molecule has 0 aliphatic carbocycles. The van der Waals surface area contributed by atoms with Gasteiger partial charge < -0.3 is 20.4 Å². The summed E-state index contributed by atoms with van der Waals surface area (Å²) in [5, 5.41) is 6.55. The lowest BCUT2D eigenvalue weighted by molar-refractivity contribution is -0.130. The van der Waals surface area contributed by atoms with Crippen LogP contribution in [-0.4, -0.2) is 73.6 Å². The molecule has 0 bridgehead atoms. The second kappa shape index (κ2) is 9.35. The van der Waals surface area contributed by atoms with Gasteiger partial charge in [-0.3, -0.25) is 9.79 Å². The molecule has 1 aromatic rings. The minimum absolute atomic E-state index is 0.132. The van der Waals surface area contributed by atoms with Crippen molar-refractivity contribution in [1.82, 2.24) is 15.5 Å². The van der Waals surface area contributed by atoms with Gasteiger partial charge in [-0.25, -0.2) is 0 Å². The summed E-state index contributed by atoms with van der Waals surface area (Å²) in [6.45, 7) is 6.72. The largest absolute Gasteiger partial charge is 0.368 e. The minimum Gasteiger partial charge on any atom is -0.368 e. The Bertz CT molecular complexity index is 637. The van der Waals surface area contributed by atoms with Crippen LogP contribution in [0.3, 0.4) is 0 Å². The molecule has 3 rings (SSSR count). The van der Waals surface area contributed by atoms with E-state index in [1.54, 1.807) is 7.05 Å². The lowest BCUT2D eigenvalue weighted by Crippen LogP contribution is -2.52. The summed E-state index contributed by atoms with van der Waals surface area (Å²) in [6.07, 6.45) is 2.51. The van der Waals surface area contributed by atoms with Gasteiger partial charge in [-0.2, -0.15) is 11.8 Å². The van der Waals surface area contributed by atoms with E-state index >= 15 is 0 Å². The molecule has 2 N–H and O–H groups in total. The molecule has 6 nitrogen and oxygen atoms in total. The van der Waals surface area contributed by atoms with E-state index in [0.717, 1.165) is 32.7 Å². The van der Waals surface area contributed by atoms with Crippen molar-refractivity contribution in [2.75, 3.05) is 57.0 Å². The third kappa shape index (κ3) is 5.54. The fourth-order valence-corrected chi connectivity index (χ4v) is 4.84. The average molecular weight is 390 g/mol. The quantitative estimate of drug-likeness (QED) is 0.594. The summed E-state index contributed by atoms with van der Waals surface area (Å²) < 4.78 is 0.273. The molecule has 27 heavy (non-hydrogen) atoms. The number of amides is 1. The molecule has 0 saturated carbocycles. The SMILES string of the molecule is CN=C(NCC(=O)N1CCN(c2ccccc2)CC1)NCC1(C)CCCS1. The maximum Gasteiger partial charge on any atom is 0.242 e. The summed E-state index contributed by atoms with van der Waals surface area (Å²) in [7, 11) is 1.75. The molecule has 7 heteroatoms. The number of guanidine groups is 1. The average Bonchev–Trinajstić information content (AvgIpc) is 3.15. The number of hydrogen-bond donors (Lipinski definition) is 2. The highest BCUT2D eigenvalue weighted by Crippen LogP contribution is 2.36. The third-order valence-electron chi connectivity index (χ3n) is 5.31. The second-order valence-corrected chi connectivity index (χ2v) is 9.07. The number of carbonyl (C=O) groups is 1. The highest BCUT2D eigenvalue weighted by molar-refractivity contribution is 8.00. The van der Waals surface area contributed by atoms with Crippen molar-refractivity contribution in [1.29, 1.82) is 0 Å². The van der Waals surface area contributed by atoms with Crippen LogP contribution in [0, 0.1) is 0 Å². The van der Waals surface area contributed by atoms with Gasteiger partial charge in [0.05, 0.1) is 6.54 Å². The summed E-state index contributed by atoms with van der Waals surface area (Å²) in [5.41, 5.74) is 1.23. The summed E-state index contributed by atoms with van der Waals surface area (Å²) in [4.78, 5) is 21.1. The molecule has 1 unspecified atom stereocenters. The van der Waals surface area contributed by atoms with Gasteiger partial charge >= 0.3 is 0 Å². The van der Waals surface area contributed by atoms with Gasteiger partial charge in [0.2, 0.25) is 5.91 Å². The molecule has 2 saturated heterocycles. The Morgan fingerprint density at radius 3 is 2.56 bits per heavy atom. The fraction of sp³-hybridized carbons (Fsp3) is 0.600. The van der Waals surface area contributed by atoms with Gasteiger partial charge in [0.15, 0.2) is 5.96 Å². The predicted octanol–water partition coefficient (Wildman–Crippen LogP) is 1.79. The van der Waals surface area contributed by atoms with E-state index in [-0.39, 0.29) is 17.2 Å². The monoisotopic (exact) mass is 389 g/mol. The van der Waals surface area contributed by atoms with E-state index in [9.17, 15) is 4.79 Å². The number of nitrogens with zero attached hydrogens (tertiary/aromatic N) is 3. The number of benzene rings is 1. The van der Waals surface area contributed by atoms with Crippen molar-refractivity contribution in [3.05, 3.63) is 30.3 Å². The van der Waals surface area contributed by atoms with Crippen molar-refractivity contribution < 1.29 is 4.79 Å². The Hall–Kier alpha value is -1.89. The number of anilines is 1. The van der Waals surface area contributed by atoms with E-state index in [2.05, 4.69) is 51.7 Å². The highest BCUT2D eigenvalue weighted by atomic mass is 32.2. The van der Waals surface area contributed by atoms with Crippen molar-refractivity contribution in [3.63, 3.8) is 0 Å². The lowest BCUT2D eigenvalue weighted by Gasteiger charge is -2.36. The smallest absolute Gasteiger partial charge is 0.242 e. The normalized spacial score (nSPS) is 23.4. The Balaban J connectivity index is 1.40. The number of aliphatic imine (C=N–C) groups is 1. The molecule has 2 fully saturated rings. The Morgan fingerprint density at radius 2 is 1.93 bits per heavy atom. The molecule has 0 spiro atoms. The minimum atomic E-state index is 0.132. The van der Waals surface area contributed by atoms with Crippen molar-refractivity contribution in [2.24, 2.45) is 4.99 Å². The maximum atomic E-state index is 12.5. The van der Waals surface area contributed by atoms with E-state index in [1.165, 1.54) is 24.3 Å². The van der Waals surface area contributed by atoms with Crippen molar-refractivity contribution in [3.8, 4) is 0 Å². The Morgan fingerprint density at radius 1 is 1.19 bits per heavy atom. The van der Waals surface area contributed by atoms with Gasteiger partial charge in [0, 0.05) is 50.2 Å². The first-order valence-electron chi connectivity index (χ1n) is 9.76. The summed E-state index contributed by atoms with van der Waals surface area (Å²) >= 11 is 2.02. The molecule has 148 valence electrons. The van der Waals surface area contributed by atoms with Crippen LogP contribution in [0.1, 0.15) is 19.8 Å². The van der Waals surface area contributed by atoms with Gasteiger partial charge in [0.1, 0.15) is 0 Å². The third-order valence-corrected chi connectivity index (χ3v) is 6.85. The van der Waals surface area contributed by atoms with Gasteiger partial charge in [-0.1, -0.05) is 18.2 Å². The zero-order valence-electron chi connectivity index (χ0n) is 16.4. The van der Waals surface area contributed by atoms with Crippen LogP contribution < -0.4 is 15.5 Å². The Kier molecular flexibility index (Phi) is 6.88. The molecule has 1 amide bonds. The molecular formula is C20H31N5OS. The molecule has 1 aromatic carbocycles. The van der Waals surface area contributed by atoms with Crippen LogP contribution in [-0.2, 0) is 4.79 Å². The van der Waals surface area contributed by atoms with Crippen LogP contribution >= 0.6 is 11.8 Å². The van der Waals surface area contributed by atoms with E-state index in [0.29, 0.717) is 5.96 Å². The molecule has 0 radical (unpaired) electrons. The molecule has 0 aromatic heterocycles. The molecular weight excluding hydrogens is 358 g/mol. The number of nitrogens with one attached hydrogen (secondary N) is 2. The maximum absolute atomic E-state index is 12.5. The van der Waals surface area contributed by atoms with E-state index in [4.69, 9.17) is 0 Å². The van der Waals surface area contributed by atoms with Crippen LogP contribution in [0.4, 0.5) is 5.69 Å². The molecule has 2 aliphatic rings. The fourth-order valence-electron chi connectivity index (χ4n) is 3.59. The van der Waals surface area contributed by atoms with Crippen molar-refractivity contribution >= 4 is 29.3 Å². The lowest BCUT2D eigenvalue weighted by atomic mass is 10.1. The number of piperazine rings is 1. The van der Waals surface area contributed by atoms with Gasteiger partial charge in [-0.15, -0.1) is 0 Å². The van der Waals surface area contributed by atoms with Gasteiger partial charge in [-0.05, 0) is 37.7 Å². The van der Waals surface area contributed by atoms with Crippen molar-refractivity contribution in [2.45, 2.75) is 24.5 Å². The molecule has 2 heterocycles. The number of thioether (sulfide) groups is 1. The van der Waals surface area contributed by atoms with E-state index in [1.807, 2.05) is 22.7 Å². The van der Waals surface area contributed by atoms with E-state index < -0.39 is 0 Å². The number of rotatable bonds is 5. The standard InChI is InChI=1S/C20H31N5OS/c1-20(9-6-14-27-20)16-23-19(21-2)22-15-18(26)25-12-10-24(11-13-25)17-7-4-3-5-8-17/h3-5,7-8H,6,9-16H2,1-2H3,(H2,21,22,23). The number of carbonyl (C=O) groups excluding carboxylic acids is 1. The second-order valence-electron chi connectivity index (χ2n) is 7.38. The first-order valence-corrected chi connectivity index (χ1v) is 10.7. The first-order chi connectivity index (χ1) is 13.1. The summed E-state index contributed by atoms with van der Waals surface area (Å²) in [5.74, 6) is 2.07. The zero-order valence-corrected chi connectivity index (χ0v) is 17.2. The predicted molar refractivity (Wildman–Crippen MR) is 115 cm³/mol. The van der Waals surface area contributed by atoms with Crippen LogP contribution in [0.25, 0.3) is 0 Å².